The standard InChI is InChI=1S/C15H12FN3O2.C3H8O2.C2H6/c1-8-2-3-11(10(16)6-8)19-13-9-7-18-5-4-12(9)21-14(13)15(17)20;4-2-1-3-5;1-2/h2-7,19H,1H3,(H2,17,20);4-5H,1-3H2;1-2H3. The van der Waals surface area contributed by atoms with Crippen LogP contribution in [0.1, 0.15) is 36.4 Å². The quantitative estimate of drug-likeness (QED) is 0.528. The summed E-state index contributed by atoms with van der Waals surface area (Å²) in [5.74, 6) is -1.22. The van der Waals surface area contributed by atoms with E-state index in [0.717, 1.165) is 5.56 Å². The fraction of sp³-hybridized carbons (Fsp3) is 0.300. The number of hydrogen-bond donors (Lipinski definition) is 4. The Morgan fingerprint density at radius 3 is 2.46 bits per heavy atom. The van der Waals surface area contributed by atoms with Crippen molar-refractivity contribution < 1.29 is 23.8 Å². The van der Waals surface area contributed by atoms with Gasteiger partial charge in [-0.15, -0.1) is 0 Å². The molecule has 0 aliphatic heterocycles. The molecule has 152 valence electrons. The summed E-state index contributed by atoms with van der Waals surface area (Å²) in [4.78, 5) is 15.5. The number of furan rings is 1. The van der Waals surface area contributed by atoms with Gasteiger partial charge in [-0.1, -0.05) is 19.9 Å². The van der Waals surface area contributed by atoms with Crippen LogP contribution in [-0.4, -0.2) is 34.3 Å². The first-order valence-electron chi connectivity index (χ1n) is 8.89. The Morgan fingerprint density at radius 2 is 1.93 bits per heavy atom. The third-order valence-electron chi connectivity index (χ3n) is 3.41. The molecule has 3 rings (SSSR count). The van der Waals surface area contributed by atoms with Crippen molar-refractivity contribution in [3.05, 3.63) is 53.8 Å². The van der Waals surface area contributed by atoms with Gasteiger partial charge in [0.25, 0.3) is 5.91 Å². The van der Waals surface area contributed by atoms with Crippen LogP contribution in [0.5, 0.6) is 0 Å². The van der Waals surface area contributed by atoms with Gasteiger partial charge in [-0.3, -0.25) is 9.78 Å². The molecule has 2 heterocycles. The Hall–Kier alpha value is -2.97. The number of rotatable bonds is 5. The number of aryl methyl sites for hydroxylation is 1. The largest absolute Gasteiger partial charge is 0.448 e. The number of pyridine rings is 1. The molecule has 0 aliphatic carbocycles. The highest BCUT2D eigenvalue weighted by molar-refractivity contribution is 6.06. The Bertz CT molecular complexity index is 894. The van der Waals surface area contributed by atoms with Crippen LogP contribution in [0.15, 0.2) is 41.1 Å². The number of fused-ring (bicyclic) bond motifs is 1. The van der Waals surface area contributed by atoms with Crippen molar-refractivity contribution in [3.8, 4) is 0 Å². The van der Waals surface area contributed by atoms with Crippen LogP contribution in [0.25, 0.3) is 11.0 Å². The van der Waals surface area contributed by atoms with Crippen molar-refractivity contribution in [1.29, 1.82) is 0 Å². The number of anilines is 2. The number of nitrogens with one attached hydrogen (secondary N) is 1. The number of aliphatic hydroxyl groups excluding tert-OH is 2. The second kappa shape index (κ2) is 11.7. The van der Waals surface area contributed by atoms with E-state index in [9.17, 15) is 9.18 Å². The normalized spacial score (nSPS) is 9.79. The van der Waals surface area contributed by atoms with E-state index >= 15 is 0 Å². The molecule has 28 heavy (non-hydrogen) atoms. The maximum absolute atomic E-state index is 14.0. The van der Waals surface area contributed by atoms with Gasteiger partial charge in [0.15, 0.2) is 0 Å². The zero-order valence-corrected chi connectivity index (χ0v) is 16.2. The van der Waals surface area contributed by atoms with E-state index in [-0.39, 0.29) is 24.7 Å². The van der Waals surface area contributed by atoms with Gasteiger partial charge in [-0.2, -0.15) is 0 Å². The molecule has 0 saturated heterocycles. The van der Waals surface area contributed by atoms with Gasteiger partial charge in [-0.25, -0.2) is 4.39 Å². The SMILES string of the molecule is CC.Cc1ccc(Nc2c(C(N)=O)oc3ccncc23)c(F)c1.OCCCO. The van der Waals surface area contributed by atoms with E-state index in [1.165, 1.54) is 18.5 Å². The van der Waals surface area contributed by atoms with Crippen LogP contribution in [0.3, 0.4) is 0 Å². The van der Waals surface area contributed by atoms with E-state index in [0.29, 0.717) is 23.1 Å². The van der Waals surface area contributed by atoms with Crippen molar-refractivity contribution in [3.63, 3.8) is 0 Å². The lowest BCUT2D eigenvalue weighted by Crippen LogP contribution is -2.11. The van der Waals surface area contributed by atoms with Gasteiger partial charge in [0.05, 0.1) is 11.1 Å². The highest BCUT2D eigenvalue weighted by Gasteiger charge is 2.19. The third kappa shape index (κ3) is 6.04. The molecule has 0 saturated carbocycles. The average Bonchev–Trinajstić information content (AvgIpc) is 3.06. The van der Waals surface area contributed by atoms with E-state index < -0.39 is 11.7 Å². The van der Waals surface area contributed by atoms with Crippen molar-refractivity contribution >= 4 is 28.3 Å². The van der Waals surface area contributed by atoms with E-state index in [1.807, 2.05) is 13.8 Å². The predicted octanol–water partition coefficient (Wildman–Crippen LogP) is 3.51. The third-order valence-corrected chi connectivity index (χ3v) is 3.41. The summed E-state index contributed by atoms with van der Waals surface area (Å²) < 4.78 is 19.3. The molecule has 2 aromatic heterocycles. The first-order chi connectivity index (χ1) is 13.5. The van der Waals surface area contributed by atoms with Crippen molar-refractivity contribution in [2.24, 2.45) is 5.73 Å². The lowest BCUT2D eigenvalue weighted by atomic mass is 10.2. The zero-order chi connectivity index (χ0) is 21.1. The fourth-order valence-electron chi connectivity index (χ4n) is 2.17. The highest BCUT2D eigenvalue weighted by atomic mass is 19.1. The van der Waals surface area contributed by atoms with Crippen LogP contribution in [-0.2, 0) is 0 Å². The molecular formula is C20H26FN3O4. The molecule has 0 spiro atoms. The maximum Gasteiger partial charge on any atom is 0.286 e. The summed E-state index contributed by atoms with van der Waals surface area (Å²) in [6.45, 7) is 5.98. The topological polar surface area (TPSA) is 122 Å². The van der Waals surface area contributed by atoms with E-state index in [2.05, 4.69) is 10.3 Å². The van der Waals surface area contributed by atoms with Crippen LogP contribution >= 0.6 is 0 Å². The Kier molecular flexibility index (Phi) is 9.63. The van der Waals surface area contributed by atoms with Crippen LogP contribution in [0.2, 0.25) is 0 Å². The highest BCUT2D eigenvalue weighted by Crippen LogP contribution is 2.33. The molecule has 0 bridgehead atoms. The number of hydrogen-bond acceptors (Lipinski definition) is 6. The zero-order valence-electron chi connectivity index (χ0n) is 16.2. The van der Waals surface area contributed by atoms with Gasteiger partial charge in [0, 0.05) is 25.6 Å². The van der Waals surface area contributed by atoms with Crippen molar-refractivity contribution in [1.82, 2.24) is 4.98 Å². The summed E-state index contributed by atoms with van der Waals surface area (Å²) in [5, 5.41) is 19.2. The Balaban J connectivity index is 0.000000490. The van der Waals surface area contributed by atoms with E-state index in [1.54, 1.807) is 25.1 Å². The molecule has 1 amide bonds. The lowest BCUT2D eigenvalue weighted by molar-refractivity contribution is 0.0977. The fourth-order valence-corrected chi connectivity index (χ4v) is 2.17. The molecular weight excluding hydrogens is 365 g/mol. The van der Waals surface area contributed by atoms with Crippen molar-refractivity contribution in [2.75, 3.05) is 18.5 Å². The number of benzene rings is 1. The summed E-state index contributed by atoms with van der Waals surface area (Å²) >= 11 is 0. The van der Waals surface area contributed by atoms with Gasteiger partial charge in [0.1, 0.15) is 17.1 Å². The average molecular weight is 391 g/mol. The first-order valence-corrected chi connectivity index (χ1v) is 8.89. The smallest absolute Gasteiger partial charge is 0.286 e. The molecule has 0 atom stereocenters. The second-order valence-corrected chi connectivity index (χ2v) is 5.45. The van der Waals surface area contributed by atoms with Crippen LogP contribution in [0.4, 0.5) is 15.8 Å². The summed E-state index contributed by atoms with van der Waals surface area (Å²) in [5.41, 5.74) is 7.10. The Labute approximate surface area is 163 Å². The number of aliphatic hydroxyl groups is 2. The van der Waals surface area contributed by atoms with Gasteiger partial charge >= 0.3 is 0 Å². The lowest BCUT2D eigenvalue weighted by Gasteiger charge is -2.07. The number of nitrogens with zero attached hydrogens (tertiary/aromatic N) is 1. The van der Waals surface area contributed by atoms with Crippen LogP contribution < -0.4 is 11.1 Å². The number of amides is 1. The monoisotopic (exact) mass is 391 g/mol. The van der Waals surface area contributed by atoms with E-state index in [4.69, 9.17) is 20.4 Å². The van der Waals surface area contributed by atoms with Gasteiger partial charge in [-0.05, 0) is 37.1 Å². The maximum atomic E-state index is 14.0. The molecule has 8 heteroatoms. The Morgan fingerprint density at radius 1 is 1.25 bits per heavy atom. The minimum absolute atomic E-state index is 0.0574. The number of carbonyl (C=O) groups excluding carboxylic acids is 1. The summed E-state index contributed by atoms with van der Waals surface area (Å²) in [7, 11) is 0. The molecule has 7 nitrogen and oxygen atoms in total. The number of primary amides is 1. The molecule has 0 aliphatic rings. The predicted molar refractivity (Wildman–Crippen MR) is 107 cm³/mol. The van der Waals surface area contributed by atoms with Crippen LogP contribution in [0, 0.1) is 12.7 Å². The second-order valence-electron chi connectivity index (χ2n) is 5.45. The molecule has 1 aromatic carbocycles. The van der Waals surface area contributed by atoms with Gasteiger partial charge < -0.3 is 25.7 Å². The molecule has 5 N–H and O–H groups in total. The first kappa shape index (κ1) is 23.1. The molecule has 0 unspecified atom stereocenters. The minimum Gasteiger partial charge on any atom is -0.448 e. The van der Waals surface area contributed by atoms with Crippen molar-refractivity contribution in [2.45, 2.75) is 27.2 Å². The summed E-state index contributed by atoms with van der Waals surface area (Å²) in [6, 6.07) is 6.35. The molecule has 3 aromatic rings. The minimum atomic E-state index is -0.735. The van der Waals surface area contributed by atoms with Gasteiger partial charge in [0.2, 0.25) is 5.76 Å². The number of nitrogens with two attached hydrogens (primary N) is 1. The number of carbonyl (C=O) groups is 1. The number of aromatic nitrogens is 1. The molecule has 0 fully saturated rings. The number of halogens is 1. The summed E-state index contributed by atoms with van der Waals surface area (Å²) in [6.07, 6.45) is 3.56. The molecule has 0 radical (unpaired) electrons.